The average Bonchev–Trinajstić information content (AvgIpc) is 2.86. The zero-order chi connectivity index (χ0) is 29.7. The van der Waals surface area contributed by atoms with Gasteiger partial charge in [-0.15, -0.1) is 0 Å². The van der Waals surface area contributed by atoms with Gasteiger partial charge in [-0.3, -0.25) is 0 Å². The van der Waals surface area contributed by atoms with Gasteiger partial charge in [0.1, 0.15) is 118 Å². The normalized spacial score (nSPS) is 32.2. The Labute approximate surface area is 235 Å². The van der Waals surface area contributed by atoms with Crippen molar-refractivity contribution in [3.63, 3.8) is 0 Å². The van der Waals surface area contributed by atoms with Crippen molar-refractivity contribution in [3.8, 4) is 0 Å². The number of quaternary nitrogens is 6. The summed E-state index contributed by atoms with van der Waals surface area (Å²) in [5.74, 6) is 0. The second-order valence-corrected chi connectivity index (χ2v) is 14.0. The van der Waals surface area contributed by atoms with Crippen LogP contribution in [0.25, 0.3) is 0 Å². The first-order valence-electron chi connectivity index (χ1n) is 12.9. The summed E-state index contributed by atoms with van der Waals surface area (Å²) < 4.78 is 103. The van der Waals surface area contributed by atoms with Gasteiger partial charge in [0.2, 0.25) is 0 Å². The van der Waals surface area contributed by atoms with Gasteiger partial charge in [0.05, 0.1) is 0 Å². The van der Waals surface area contributed by atoms with Crippen LogP contribution in [0.2, 0.25) is 0 Å². The molecule has 0 saturated carbocycles. The van der Waals surface area contributed by atoms with E-state index in [1.165, 1.54) is 118 Å². The van der Waals surface area contributed by atoms with Gasteiger partial charge in [-0.05, 0) is 0 Å². The molecule has 9 fully saturated rings. The maximum atomic E-state index is 8.59. The van der Waals surface area contributed by atoms with Crippen LogP contribution in [0.1, 0.15) is 0 Å². The summed E-state index contributed by atoms with van der Waals surface area (Å²) in [6.07, 6.45) is 0. The van der Waals surface area contributed by atoms with Crippen LogP contribution in [-0.2, 0) is 63.7 Å². The summed E-state index contributed by atoms with van der Waals surface area (Å²) in [6, 6.07) is 0. The van der Waals surface area contributed by atoms with E-state index in [0.717, 1.165) is 0 Å². The van der Waals surface area contributed by atoms with E-state index in [4.69, 9.17) is 47.8 Å². The number of hydrogen-bond donors (Lipinski definition) is 6. The topological polar surface area (TPSA) is 267 Å². The number of nitrogens with one attached hydrogen (secondary N) is 6. The molecule has 0 radical (unpaired) electrons. The fraction of sp³-hybridized carbons (Fsp3) is 1.00. The molecule has 0 aliphatic carbocycles. The molecule has 6 N–H and O–H groups in total. The standard InChI is InChI=1S/3C6H12N2.3Cr.12O/c3*1-2-8-5-3-7(1)4-6-8;;;;;;;;;;;;;;;/h3*1-6H2;;;;;;;;;;;;;;;/q;;;;;;;;;;;;6*-1/p+6. The maximum absolute atomic E-state index is 8.59. The van der Waals surface area contributed by atoms with Crippen LogP contribution in [0.4, 0.5) is 0 Å². The van der Waals surface area contributed by atoms with Crippen LogP contribution < -0.4 is 54.3 Å². The summed E-state index contributed by atoms with van der Waals surface area (Å²) in [7, 11) is 0. The van der Waals surface area contributed by atoms with E-state index in [1.54, 1.807) is 0 Å². The average molecular weight is 691 g/mol. The van der Waals surface area contributed by atoms with Gasteiger partial charge in [0, 0.05) is 0 Å². The summed E-state index contributed by atoms with van der Waals surface area (Å²) in [5.41, 5.74) is 0. The quantitative estimate of drug-likeness (QED) is 0.138. The molecule has 0 aromatic rings. The molecular formula is C18H42Cr3N6O12. The summed E-state index contributed by atoms with van der Waals surface area (Å²) >= 11 is -17.2. The van der Waals surface area contributed by atoms with Crippen LogP contribution >= 0.6 is 0 Å². The van der Waals surface area contributed by atoms with Crippen LogP contribution in [0.5, 0.6) is 0 Å². The molecule has 0 unspecified atom stereocenters. The number of piperazine rings is 9. The van der Waals surface area contributed by atoms with Gasteiger partial charge in [0.15, 0.2) is 0 Å². The third-order valence-electron chi connectivity index (χ3n) is 7.49. The zero-order valence-electron chi connectivity index (χ0n) is 21.9. The fourth-order valence-electron chi connectivity index (χ4n) is 5.43. The molecule has 21 heteroatoms. The predicted molar refractivity (Wildman–Crippen MR) is 97.5 cm³/mol. The number of fused-ring (bicyclic) bond motifs is 9. The first kappa shape index (κ1) is 36.9. The van der Waals surface area contributed by atoms with Crippen molar-refractivity contribution in [1.29, 1.82) is 0 Å². The van der Waals surface area contributed by atoms with Crippen molar-refractivity contribution in [2.24, 2.45) is 0 Å². The monoisotopic (exact) mass is 690 g/mol. The number of rotatable bonds is 0. The molecule has 0 amide bonds. The van der Waals surface area contributed by atoms with Crippen molar-refractivity contribution in [2.75, 3.05) is 118 Å². The summed E-state index contributed by atoms with van der Waals surface area (Å²) in [6.45, 7) is 25.9. The molecule has 9 rings (SSSR count). The Morgan fingerprint density at radius 3 is 0.333 bits per heavy atom. The molecule has 9 aliphatic rings. The van der Waals surface area contributed by atoms with Crippen LogP contribution in [-0.4, -0.2) is 118 Å². The molecule has 9 heterocycles. The molecule has 6 bridgehead atoms. The molecule has 0 spiro atoms. The van der Waals surface area contributed by atoms with Gasteiger partial charge >= 0.3 is 88.6 Å². The van der Waals surface area contributed by atoms with Crippen molar-refractivity contribution in [1.82, 2.24) is 0 Å². The SMILES string of the molecule is C1C[NH+]2CC[NH+]1CC2.C1C[NH+]2CC[NH+]1CC2.C1C[NH+]2CC[NH+]1CC2.[O]=[Cr](=[O])([O-])[O-].[O]=[Cr](=[O])([O-])[O-].[O]=[Cr](=[O])([O-])[O-]. The Morgan fingerprint density at radius 1 is 0.256 bits per heavy atom. The van der Waals surface area contributed by atoms with Gasteiger partial charge in [0.25, 0.3) is 0 Å². The van der Waals surface area contributed by atoms with E-state index in [9.17, 15) is 0 Å². The molecule has 234 valence electrons. The van der Waals surface area contributed by atoms with E-state index in [-0.39, 0.29) is 0 Å². The molecule has 9 saturated heterocycles. The Morgan fingerprint density at radius 2 is 0.308 bits per heavy atom. The van der Waals surface area contributed by atoms with E-state index >= 15 is 0 Å². The molecule has 18 nitrogen and oxygen atoms in total. The molecular weight excluding hydrogens is 648 g/mol. The van der Waals surface area contributed by atoms with Crippen LogP contribution in [0, 0.1) is 0 Å². The fourth-order valence-corrected chi connectivity index (χ4v) is 5.43. The van der Waals surface area contributed by atoms with Crippen molar-refractivity contribution >= 4 is 0 Å². The summed E-state index contributed by atoms with van der Waals surface area (Å²) in [4.78, 5) is 11.1. The Balaban J connectivity index is 0.000000239. The van der Waals surface area contributed by atoms with Gasteiger partial charge in [-0.1, -0.05) is 0 Å². The van der Waals surface area contributed by atoms with Gasteiger partial charge < -0.3 is 29.4 Å². The van der Waals surface area contributed by atoms with E-state index < -0.39 is 40.8 Å². The van der Waals surface area contributed by atoms with E-state index in [2.05, 4.69) is 0 Å². The van der Waals surface area contributed by atoms with Gasteiger partial charge in [-0.2, -0.15) is 0 Å². The predicted octanol–water partition coefficient (Wildman–Crippen LogP) is -17.5. The van der Waals surface area contributed by atoms with E-state index in [0.29, 0.717) is 0 Å². The summed E-state index contributed by atoms with van der Waals surface area (Å²) in [5, 5.41) is 0. The Bertz CT molecular complexity index is 771. The van der Waals surface area contributed by atoms with E-state index in [1.807, 2.05) is 29.4 Å². The molecule has 9 aliphatic heterocycles. The van der Waals surface area contributed by atoms with Crippen LogP contribution in [0.3, 0.4) is 0 Å². The first-order chi connectivity index (χ1) is 17.8. The third-order valence-corrected chi connectivity index (χ3v) is 7.49. The second-order valence-electron chi connectivity index (χ2n) is 10.2. The third kappa shape index (κ3) is 24.2. The molecule has 0 atom stereocenters. The minimum absolute atomic E-state index is 1.44. The molecule has 0 aromatic carbocycles. The Hall–Kier alpha value is -0.0826. The second kappa shape index (κ2) is 17.8. The zero-order valence-corrected chi connectivity index (χ0v) is 25.7. The van der Waals surface area contributed by atoms with Crippen molar-refractivity contribution in [3.05, 3.63) is 0 Å². The van der Waals surface area contributed by atoms with Gasteiger partial charge in [-0.25, -0.2) is 0 Å². The minimum atomic E-state index is -5.75. The number of hydrogen-bond acceptors (Lipinski definition) is 12. The first-order valence-corrected chi connectivity index (χ1v) is 19.1. The molecule has 39 heavy (non-hydrogen) atoms. The molecule has 0 aromatic heterocycles. The van der Waals surface area contributed by atoms with Crippen molar-refractivity contribution < 1.29 is 118 Å². The van der Waals surface area contributed by atoms with Crippen molar-refractivity contribution in [2.45, 2.75) is 0 Å². The Kier molecular flexibility index (Phi) is 16.8. The van der Waals surface area contributed by atoms with Crippen LogP contribution in [0.15, 0.2) is 0 Å².